The Morgan fingerprint density at radius 2 is 2.44 bits per heavy atom. The van der Waals surface area contributed by atoms with Crippen LogP contribution in [0.4, 0.5) is 0 Å². The Kier molecular flexibility index (Phi) is 5.68. The van der Waals surface area contributed by atoms with Gasteiger partial charge in [0, 0.05) is 5.25 Å². The molecule has 0 saturated heterocycles. The van der Waals surface area contributed by atoms with E-state index in [4.69, 9.17) is 0 Å². The van der Waals surface area contributed by atoms with E-state index in [9.17, 15) is 4.79 Å². The monoisotopic (exact) mass is 145 g/mol. The Bertz CT molecular complexity index is 110. The van der Waals surface area contributed by atoms with E-state index in [0.717, 1.165) is 12.8 Å². The zero-order chi connectivity index (χ0) is 7.11. The highest BCUT2D eigenvalue weighted by Crippen LogP contribution is 2.14. The van der Waals surface area contributed by atoms with Crippen LogP contribution >= 0.6 is 11.9 Å². The van der Waals surface area contributed by atoms with Crippen LogP contribution in [0.25, 0.3) is 0 Å². The van der Waals surface area contributed by atoms with Gasteiger partial charge in [-0.1, -0.05) is 20.3 Å². The van der Waals surface area contributed by atoms with Crippen LogP contribution in [0.15, 0.2) is 4.40 Å². The molecule has 0 aromatic heterocycles. The largest absolute Gasteiger partial charge is 0.247 e. The molecule has 0 aromatic rings. The summed E-state index contributed by atoms with van der Waals surface area (Å²) >= 11 is 1.30. The van der Waals surface area contributed by atoms with Crippen LogP contribution < -0.4 is 0 Å². The number of rotatable bonds is 4. The predicted molar refractivity (Wildman–Crippen MR) is 40.1 cm³/mol. The van der Waals surface area contributed by atoms with Crippen molar-refractivity contribution >= 4 is 18.0 Å². The Morgan fingerprint density at radius 1 is 1.78 bits per heavy atom. The van der Waals surface area contributed by atoms with Crippen LogP contribution in [-0.2, 0) is 4.79 Å². The first-order valence-corrected chi connectivity index (χ1v) is 3.88. The van der Waals surface area contributed by atoms with Gasteiger partial charge in [0.1, 0.15) is 0 Å². The van der Waals surface area contributed by atoms with Crippen LogP contribution in [0, 0.1) is 0 Å². The van der Waals surface area contributed by atoms with Crippen molar-refractivity contribution in [2.45, 2.75) is 31.9 Å². The van der Waals surface area contributed by atoms with Gasteiger partial charge < -0.3 is 0 Å². The normalized spacial score (nSPS) is 12.2. The maximum atomic E-state index is 9.60. The molecule has 52 valence electrons. The molecular weight excluding hydrogens is 134 g/mol. The zero-order valence-electron chi connectivity index (χ0n) is 5.76. The second-order valence-electron chi connectivity index (χ2n) is 1.89. The molecule has 0 saturated carbocycles. The molecule has 0 aliphatic rings. The summed E-state index contributed by atoms with van der Waals surface area (Å²) < 4.78 is 3.40. The van der Waals surface area contributed by atoms with E-state index >= 15 is 0 Å². The van der Waals surface area contributed by atoms with Gasteiger partial charge in [-0.2, -0.15) is 0 Å². The van der Waals surface area contributed by atoms with E-state index in [-0.39, 0.29) is 0 Å². The summed E-state index contributed by atoms with van der Waals surface area (Å²) in [4.78, 5) is 9.60. The molecule has 0 heterocycles. The van der Waals surface area contributed by atoms with Crippen LogP contribution in [0.5, 0.6) is 0 Å². The highest BCUT2D eigenvalue weighted by atomic mass is 32.2. The van der Waals surface area contributed by atoms with Gasteiger partial charge in [0.15, 0.2) is 0 Å². The summed E-state index contributed by atoms with van der Waals surface area (Å²) in [6, 6.07) is 0. The van der Waals surface area contributed by atoms with Gasteiger partial charge in [-0.05, 0) is 18.4 Å². The average molecular weight is 145 g/mol. The average Bonchev–Trinajstić information content (AvgIpc) is 1.85. The van der Waals surface area contributed by atoms with Crippen molar-refractivity contribution in [1.82, 2.24) is 0 Å². The quantitative estimate of drug-likeness (QED) is 0.344. The van der Waals surface area contributed by atoms with Crippen molar-refractivity contribution < 1.29 is 4.79 Å². The van der Waals surface area contributed by atoms with Gasteiger partial charge in [-0.3, -0.25) is 0 Å². The first-order valence-electron chi connectivity index (χ1n) is 3.04. The lowest BCUT2D eigenvalue weighted by Crippen LogP contribution is -1.91. The SMILES string of the molecule is CCCC(C)SN=C=O. The molecule has 1 unspecified atom stereocenters. The summed E-state index contributed by atoms with van der Waals surface area (Å²) in [6.07, 6.45) is 3.74. The lowest BCUT2D eigenvalue weighted by molar-refractivity contribution is 0.566. The zero-order valence-corrected chi connectivity index (χ0v) is 6.57. The summed E-state index contributed by atoms with van der Waals surface area (Å²) in [5.41, 5.74) is 0. The van der Waals surface area contributed by atoms with Crippen LogP contribution in [0.2, 0.25) is 0 Å². The van der Waals surface area contributed by atoms with Crippen LogP contribution in [-0.4, -0.2) is 11.3 Å². The lowest BCUT2D eigenvalue weighted by atomic mass is 10.3. The standard InChI is InChI=1S/C6H11NOS/c1-3-4-6(2)9-7-5-8/h6H,3-4H2,1-2H3. The fourth-order valence-corrected chi connectivity index (χ4v) is 1.13. The molecule has 1 atom stereocenters. The van der Waals surface area contributed by atoms with Gasteiger partial charge in [-0.25, -0.2) is 4.79 Å². The summed E-state index contributed by atoms with van der Waals surface area (Å²) in [5.74, 6) is 0. The van der Waals surface area contributed by atoms with E-state index in [1.165, 1.54) is 18.0 Å². The van der Waals surface area contributed by atoms with Gasteiger partial charge in [-0.15, -0.1) is 4.40 Å². The molecule has 0 N–H and O–H groups in total. The molecule has 0 aromatic carbocycles. The van der Waals surface area contributed by atoms with Crippen LogP contribution in [0.1, 0.15) is 26.7 Å². The molecule has 0 fully saturated rings. The van der Waals surface area contributed by atoms with Crippen molar-refractivity contribution in [1.29, 1.82) is 0 Å². The second kappa shape index (κ2) is 5.86. The molecule has 0 radical (unpaired) electrons. The number of hydrogen-bond donors (Lipinski definition) is 0. The van der Waals surface area contributed by atoms with Gasteiger partial charge in [0.05, 0.1) is 0 Å². The minimum atomic E-state index is 0.455. The molecule has 3 heteroatoms. The molecule has 0 aliphatic carbocycles. The van der Waals surface area contributed by atoms with Crippen molar-refractivity contribution in [3.8, 4) is 0 Å². The minimum Gasteiger partial charge on any atom is -0.210 e. The predicted octanol–water partition coefficient (Wildman–Crippen LogP) is 2.16. The van der Waals surface area contributed by atoms with E-state index in [1.54, 1.807) is 0 Å². The molecular formula is C6H11NOS. The number of hydrogen-bond acceptors (Lipinski definition) is 3. The van der Waals surface area contributed by atoms with Crippen LogP contribution in [0.3, 0.4) is 0 Å². The summed E-state index contributed by atoms with van der Waals surface area (Å²) in [6.45, 7) is 4.16. The minimum absolute atomic E-state index is 0.455. The van der Waals surface area contributed by atoms with Gasteiger partial charge in [0.25, 0.3) is 0 Å². The summed E-state index contributed by atoms with van der Waals surface area (Å²) in [5, 5.41) is 0.455. The van der Waals surface area contributed by atoms with Crippen molar-refractivity contribution in [2.24, 2.45) is 4.40 Å². The first-order chi connectivity index (χ1) is 4.31. The van der Waals surface area contributed by atoms with Gasteiger partial charge in [0.2, 0.25) is 6.08 Å². The third-order valence-corrected chi connectivity index (χ3v) is 1.74. The van der Waals surface area contributed by atoms with Crippen molar-refractivity contribution in [3.63, 3.8) is 0 Å². The van der Waals surface area contributed by atoms with E-state index in [2.05, 4.69) is 18.2 Å². The Labute approximate surface area is 59.9 Å². The Balaban J connectivity index is 3.25. The third kappa shape index (κ3) is 5.60. The first kappa shape index (κ1) is 8.73. The third-order valence-electron chi connectivity index (χ3n) is 0.965. The van der Waals surface area contributed by atoms with E-state index in [1.807, 2.05) is 0 Å². The Morgan fingerprint density at radius 3 is 2.89 bits per heavy atom. The highest BCUT2D eigenvalue weighted by Gasteiger charge is 1.97. The smallest absolute Gasteiger partial charge is 0.210 e. The molecule has 0 bridgehead atoms. The molecule has 0 spiro atoms. The van der Waals surface area contributed by atoms with Crippen molar-refractivity contribution in [3.05, 3.63) is 0 Å². The lowest BCUT2D eigenvalue weighted by Gasteiger charge is -2.00. The van der Waals surface area contributed by atoms with E-state index < -0.39 is 0 Å². The van der Waals surface area contributed by atoms with Crippen molar-refractivity contribution in [2.75, 3.05) is 0 Å². The fourth-order valence-electron chi connectivity index (χ4n) is 0.571. The molecule has 0 amide bonds. The second-order valence-corrected chi connectivity index (χ2v) is 3.09. The molecule has 2 nitrogen and oxygen atoms in total. The fraction of sp³-hybridized carbons (Fsp3) is 0.833. The maximum Gasteiger partial charge on any atom is 0.247 e. The van der Waals surface area contributed by atoms with Gasteiger partial charge >= 0.3 is 0 Å². The number of isocyanates is 1. The Hall–Kier alpha value is -0.270. The molecule has 0 aliphatic heterocycles. The maximum absolute atomic E-state index is 9.60. The highest BCUT2D eigenvalue weighted by molar-refractivity contribution is 7.98. The van der Waals surface area contributed by atoms with E-state index in [0.29, 0.717) is 5.25 Å². The molecule has 0 rings (SSSR count). The number of nitrogens with zero attached hydrogens (tertiary/aromatic N) is 1. The summed E-state index contributed by atoms with van der Waals surface area (Å²) in [7, 11) is 0. The number of carbonyl (C=O) groups excluding carboxylic acids is 1. The topological polar surface area (TPSA) is 29.4 Å². The molecule has 9 heavy (non-hydrogen) atoms.